The lowest BCUT2D eigenvalue weighted by molar-refractivity contribution is -0.153. The van der Waals surface area contributed by atoms with Crippen LogP contribution >= 0.6 is 0 Å². The predicted octanol–water partition coefficient (Wildman–Crippen LogP) is 6.73. The van der Waals surface area contributed by atoms with Crippen LogP contribution in [-0.2, 0) is 9.53 Å². The third-order valence-electron chi connectivity index (χ3n) is 9.46. The van der Waals surface area contributed by atoms with Crippen molar-refractivity contribution in [2.24, 2.45) is 0 Å². The molecule has 1 aliphatic rings. The zero-order valence-electron chi connectivity index (χ0n) is 32.1. The van der Waals surface area contributed by atoms with Gasteiger partial charge in [-0.25, -0.2) is 0 Å². The fourth-order valence-corrected chi connectivity index (χ4v) is 7.05. The largest absolute Gasteiger partial charge is 0.493 e. The quantitative estimate of drug-likeness (QED) is 0.117. The Morgan fingerprint density at radius 1 is 0.582 bits per heavy atom. The van der Waals surface area contributed by atoms with Crippen LogP contribution in [-0.4, -0.2) is 76.1 Å². The van der Waals surface area contributed by atoms with Crippen LogP contribution in [0.3, 0.4) is 0 Å². The zero-order valence-corrected chi connectivity index (χ0v) is 32.1. The van der Waals surface area contributed by atoms with Crippen molar-refractivity contribution < 1.29 is 61.3 Å². The average molecular weight is 759 g/mol. The highest BCUT2D eigenvalue weighted by Crippen LogP contribution is 2.56. The molecule has 3 atom stereocenters. The van der Waals surface area contributed by atoms with E-state index < -0.39 is 29.5 Å². The first kappa shape index (κ1) is 38.3. The third-order valence-corrected chi connectivity index (χ3v) is 9.46. The molecule has 4 aromatic carbocycles. The summed E-state index contributed by atoms with van der Waals surface area (Å²) in [6, 6.07) is 15.4. The van der Waals surface area contributed by atoms with Crippen LogP contribution in [0.5, 0.6) is 57.5 Å². The maximum absolute atomic E-state index is 15.0. The van der Waals surface area contributed by atoms with Crippen LogP contribution in [0.15, 0.2) is 63.8 Å². The number of esters is 1. The molecule has 0 bridgehead atoms. The molecular formula is C41H42O14. The normalized spacial score (nSPS) is 15.9. The summed E-state index contributed by atoms with van der Waals surface area (Å²) in [5, 5.41) is 0.0783. The molecule has 14 nitrogen and oxygen atoms in total. The van der Waals surface area contributed by atoms with E-state index in [1.807, 2.05) is 0 Å². The number of ether oxygens (including phenoxy) is 11. The second-order valence-electron chi connectivity index (χ2n) is 12.2. The Morgan fingerprint density at radius 3 is 1.75 bits per heavy atom. The molecule has 55 heavy (non-hydrogen) atoms. The van der Waals surface area contributed by atoms with E-state index in [1.54, 1.807) is 54.6 Å². The van der Waals surface area contributed by atoms with Crippen molar-refractivity contribution in [3.05, 3.63) is 81.5 Å². The number of fused-ring (bicyclic) bond motifs is 2. The molecule has 0 radical (unpaired) electrons. The van der Waals surface area contributed by atoms with Crippen LogP contribution in [0.25, 0.3) is 22.3 Å². The van der Waals surface area contributed by atoms with Crippen molar-refractivity contribution in [3.8, 4) is 68.8 Å². The minimum absolute atomic E-state index is 0.0465. The maximum Gasteiger partial charge on any atom is 0.303 e. The molecule has 0 saturated carbocycles. The number of carbonyl (C=O) groups excluding carboxylic acids is 1. The summed E-state index contributed by atoms with van der Waals surface area (Å²) >= 11 is 0. The first-order valence-electron chi connectivity index (χ1n) is 17.0. The van der Waals surface area contributed by atoms with E-state index >= 15 is 0 Å². The fourth-order valence-electron chi connectivity index (χ4n) is 7.05. The van der Waals surface area contributed by atoms with Gasteiger partial charge in [0.2, 0.25) is 22.7 Å². The predicted molar refractivity (Wildman–Crippen MR) is 201 cm³/mol. The van der Waals surface area contributed by atoms with Crippen molar-refractivity contribution in [2.45, 2.75) is 25.0 Å². The average Bonchev–Trinajstić information content (AvgIpc) is 3.21. The van der Waals surface area contributed by atoms with Gasteiger partial charge in [-0.05, 0) is 48.0 Å². The summed E-state index contributed by atoms with van der Waals surface area (Å²) in [5.41, 5.74) is 1.39. The molecule has 0 unspecified atom stereocenters. The Morgan fingerprint density at radius 2 is 1.16 bits per heavy atom. The van der Waals surface area contributed by atoms with Crippen molar-refractivity contribution in [3.63, 3.8) is 0 Å². The SMILES string of the molecule is COc1ccc(-c2oc3c(OC)c(OC)cc([C@H]4c5ccc(OC)c(OC)c5O[C@H](c5ccc(OC)c(OC)c5)[C@@H]4OC(C)=O)c3c(=O)c2OC)cc1OC. The molecule has 14 heteroatoms. The molecule has 0 amide bonds. The minimum atomic E-state index is -1.10. The van der Waals surface area contributed by atoms with Crippen LogP contribution in [0.2, 0.25) is 0 Å². The summed E-state index contributed by atoms with van der Waals surface area (Å²) in [7, 11) is 13.3. The number of rotatable bonds is 13. The van der Waals surface area contributed by atoms with Gasteiger partial charge in [0.15, 0.2) is 63.8 Å². The summed E-state index contributed by atoms with van der Waals surface area (Å²) in [6.45, 7) is 1.30. The standard InChI is InChI=1S/C41H42O14/c1-20(42)53-39-31(23-13-16-27(46-4)37(50-8)36(23)54-34(39)21-11-14-25(44-2)28(17-21)47-5)24-19-30(49-7)38(51-9)40-32(24)33(43)41(52-10)35(55-40)22-12-15-26(45-3)29(18-22)48-6/h11-19,31,34,39H,1-10H3/t31-,34-,39-/m1/s1. The van der Waals surface area contributed by atoms with Gasteiger partial charge in [0.1, 0.15) is 0 Å². The van der Waals surface area contributed by atoms with E-state index in [1.165, 1.54) is 70.9 Å². The molecule has 290 valence electrons. The van der Waals surface area contributed by atoms with Gasteiger partial charge in [0.05, 0.1) is 75.3 Å². The van der Waals surface area contributed by atoms with Crippen LogP contribution < -0.4 is 52.8 Å². The number of methoxy groups -OCH3 is 9. The number of benzene rings is 4. The van der Waals surface area contributed by atoms with E-state index in [0.29, 0.717) is 51.0 Å². The van der Waals surface area contributed by atoms with E-state index in [4.69, 9.17) is 56.5 Å². The molecule has 1 aromatic heterocycles. The zero-order chi connectivity index (χ0) is 39.6. The molecule has 0 aliphatic carbocycles. The Bertz CT molecular complexity index is 2290. The third kappa shape index (κ3) is 6.57. The molecule has 6 rings (SSSR count). The summed E-state index contributed by atoms with van der Waals surface area (Å²) in [6.07, 6.45) is -2.09. The Labute approximate surface area is 317 Å². The lowest BCUT2D eigenvalue weighted by Gasteiger charge is -2.40. The Kier molecular flexibility index (Phi) is 11.1. The number of hydrogen-bond donors (Lipinski definition) is 0. The van der Waals surface area contributed by atoms with Crippen molar-refractivity contribution in [2.75, 3.05) is 64.0 Å². The van der Waals surface area contributed by atoms with Gasteiger partial charge >= 0.3 is 5.97 Å². The lowest BCUT2D eigenvalue weighted by atomic mass is 9.78. The van der Waals surface area contributed by atoms with Crippen molar-refractivity contribution in [1.82, 2.24) is 0 Å². The Hall–Kier alpha value is -6.44. The summed E-state index contributed by atoms with van der Waals surface area (Å²) < 4.78 is 70.7. The first-order chi connectivity index (χ1) is 26.6. The van der Waals surface area contributed by atoms with Crippen molar-refractivity contribution >= 4 is 16.9 Å². The number of carbonyl (C=O) groups is 1. The molecule has 0 fully saturated rings. The van der Waals surface area contributed by atoms with Gasteiger partial charge < -0.3 is 56.5 Å². The molecule has 5 aromatic rings. The molecule has 0 spiro atoms. The number of hydrogen-bond acceptors (Lipinski definition) is 14. The van der Waals surface area contributed by atoms with E-state index in [9.17, 15) is 9.59 Å². The van der Waals surface area contributed by atoms with E-state index in [0.717, 1.165) is 0 Å². The van der Waals surface area contributed by atoms with E-state index in [2.05, 4.69) is 0 Å². The highest BCUT2D eigenvalue weighted by molar-refractivity contribution is 5.93. The van der Waals surface area contributed by atoms with Crippen LogP contribution in [0.1, 0.15) is 35.6 Å². The maximum atomic E-state index is 15.0. The smallest absolute Gasteiger partial charge is 0.303 e. The van der Waals surface area contributed by atoms with Crippen LogP contribution in [0, 0.1) is 0 Å². The lowest BCUT2D eigenvalue weighted by Crippen LogP contribution is -2.39. The van der Waals surface area contributed by atoms with Gasteiger partial charge in [-0.1, -0.05) is 12.1 Å². The molecular weight excluding hydrogens is 716 g/mol. The highest BCUT2D eigenvalue weighted by Gasteiger charge is 2.46. The first-order valence-corrected chi connectivity index (χ1v) is 17.0. The van der Waals surface area contributed by atoms with Gasteiger partial charge in [0.25, 0.3) is 0 Å². The highest BCUT2D eigenvalue weighted by atomic mass is 16.6. The monoisotopic (exact) mass is 758 g/mol. The van der Waals surface area contributed by atoms with Crippen molar-refractivity contribution in [1.29, 1.82) is 0 Å². The van der Waals surface area contributed by atoms with Crippen LogP contribution in [0.4, 0.5) is 0 Å². The summed E-state index contributed by atoms with van der Waals surface area (Å²) in [5.74, 6) is 1.55. The topological polar surface area (TPSA) is 149 Å². The van der Waals surface area contributed by atoms with Gasteiger partial charge in [-0.3, -0.25) is 9.59 Å². The summed E-state index contributed by atoms with van der Waals surface area (Å²) in [4.78, 5) is 28.0. The molecule has 2 heterocycles. The molecule has 0 N–H and O–H groups in total. The molecule has 0 saturated heterocycles. The minimum Gasteiger partial charge on any atom is -0.493 e. The van der Waals surface area contributed by atoms with Gasteiger partial charge in [0, 0.05) is 23.6 Å². The van der Waals surface area contributed by atoms with Gasteiger partial charge in [-0.15, -0.1) is 0 Å². The van der Waals surface area contributed by atoms with E-state index in [-0.39, 0.29) is 45.5 Å². The Balaban J connectivity index is 1.74. The molecule has 1 aliphatic heterocycles. The fraction of sp³-hybridized carbons (Fsp3) is 0.317. The second kappa shape index (κ2) is 15.9. The second-order valence-corrected chi connectivity index (χ2v) is 12.2. The van der Waals surface area contributed by atoms with Gasteiger partial charge in [-0.2, -0.15) is 0 Å².